The predicted octanol–water partition coefficient (Wildman–Crippen LogP) is 5.81. The Kier molecular flexibility index (Phi) is 7.12. The molecular formula is C27H29N5OS. The Morgan fingerprint density at radius 3 is 2.29 bits per heavy atom. The van der Waals surface area contributed by atoms with Crippen molar-refractivity contribution in [2.24, 2.45) is 0 Å². The number of hydrogen-bond donors (Lipinski definition) is 1. The molecule has 0 saturated carbocycles. The number of carbonyl (C=O) groups is 1. The first-order valence-electron chi connectivity index (χ1n) is 11.3. The van der Waals surface area contributed by atoms with Crippen LogP contribution in [0.3, 0.4) is 0 Å². The molecule has 4 rings (SSSR count). The largest absolute Gasteiger partial charge is 0.325 e. The number of aromatic nitrogens is 4. The van der Waals surface area contributed by atoms with Crippen LogP contribution in [0.2, 0.25) is 0 Å². The van der Waals surface area contributed by atoms with E-state index in [4.69, 9.17) is 0 Å². The Balaban J connectivity index is 1.53. The normalized spacial score (nSPS) is 12.4. The fraction of sp³-hybridized carbons (Fsp3) is 0.259. The standard InChI is InChI=1S/C27H29N5OS/c1-19(25(33)29-23-12-10-22(11-13-23)27(2,3)4)34-26-31-30-24(21-14-16-28-17-15-21)32(26)18-20-8-6-5-7-9-20/h5-17,19H,18H2,1-4H3,(H,29,33)/t19-/m1/s1. The lowest BCUT2D eigenvalue weighted by Crippen LogP contribution is -2.23. The van der Waals surface area contributed by atoms with E-state index < -0.39 is 0 Å². The van der Waals surface area contributed by atoms with E-state index in [2.05, 4.69) is 70.1 Å². The van der Waals surface area contributed by atoms with Gasteiger partial charge >= 0.3 is 0 Å². The third-order valence-corrected chi connectivity index (χ3v) is 6.59. The molecule has 1 amide bonds. The quantitative estimate of drug-likeness (QED) is 0.345. The van der Waals surface area contributed by atoms with E-state index >= 15 is 0 Å². The maximum Gasteiger partial charge on any atom is 0.237 e. The van der Waals surface area contributed by atoms with Crippen LogP contribution in [0.4, 0.5) is 5.69 Å². The van der Waals surface area contributed by atoms with Gasteiger partial charge < -0.3 is 5.32 Å². The molecule has 0 aliphatic rings. The molecule has 1 atom stereocenters. The van der Waals surface area contributed by atoms with Gasteiger partial charge in [0.2, 0.25) is 5.91 Å². The highest BCUT2D eigenvalue weighted by molar-refractivity contribution is 8.00. The van der Waals surface area contributed by atoms with Crippen molar-refractivity contribution in [2.75, 3.05) is 5.32 Å². The van der Waals surface area contributed by atoms with Crippen molar-refractivity contribution in [1.29, 1.82) is 0 Å². The van der Waals surface area contributed by atoms with E-state index in [1.165, 1.54) is 17.3 Å². The Morgan fingerprint density at radius 2 is 1.65 bits per heavy atom. The van der Waals surface area contributed by atoms with Crippen LogP contribution in [0.1, 0.15) is 38.8 Å². The minimum atomic E-state index is -0.355. The number of carbonyl (C=O) groups excluding carboxylic acids is 1. The topological polar surface area (TPSA) is 72.7 Å². The van der Waals surface area contributed by atoms with Gasteiger partial charge in [-0.25, -0.2) is 0 Å². The van der Waals surface area contributed by atoms with Crippen LogP contribution in [-0.2, 0) is 16.8 Å². The molecule has 0 fully saturated rings. The van der Waals surface area contributed by atoms with Crippen LogP contribution in [0.5, 0.6) is 0 Å². The lowest BCUT2D eigenvalue weighted by Gasteiger charge is -2.19. The summed E-state index contributed by atoms with van der Waals surface area (Å²) < 4.78 is 2.05. The van der Waals surface area contributed by atoms with E-state index in [1.54, 1.807) is 12.4 Å². The van der Waals surface area contributed by atoms with E-state index in [0.717, 1.165) is 22.6 Å². The lowest BCUT2D eigenvalue weighted by molar-refractivity contribution is -0.115. The molecule has 2 aromatic heterocycles. The number of benzene rings is 2. The molecule has 0 aliphatic heterocycles. The van der Waals surface area contributed by atoms with E-state index in [1.807, 2.05) is 49.4 Å². The second-order valence-electron chi connectivity index (χ2n) is 9.19. The molecule has 0 bridgehead atoms. The lowest BCUT2D eigenvalue weighted by atomic mass is 9.87. The Bertz CT molecular complexity index is 1230. The third kappa shape index (κ3) is 5.72. The third-order valence-electron chi connectivity index (χ3n) is 5.51. The zero-order chi connectivity index (χ0) is 24.1. The van der Waals surface area contributed by atoms with Crippen molar-refractivity contribution in [2.45, 2.75) is 50.1 Å². The molecule has 0 saturated heterocycles. The van der Waals surface area contributed by atoms with Crippen LogP contribution in [0, 0.1) is 0 Å². The van der Waals surface area contributed by atoms with Crippen molar-refractivity contribution in [3.63, 3.8) is 0 Å². The summed E-state index contributed by atoms with van der Waals surface area (Å²) in [6.45, 7) is 9.01. The highest BCUT2D eigenvalue weighted by Crippen LogP contribution is 2.29. The number of hydrogen-bond acceptors (Lipinski definition) is 5. The van der Waals surface area contributed by atoms with Gasteiger partial charge in [-0.05, 0) is 47.7 Å². The molecule has 0 unspecified atom stereocenters. The molecule has 2 aromatic carbocycles. The number of rotatable bonds is 7. The summed E-state index contributed by atoms with van der Waals surface area (Å²) in [5.74, 6) is 0.673. The van der Waals surface area contributed by atoms with Gasteiger partial charge in [0.15, 0.2) is 11.0 Å². The van der Waals surface area contributed by atoms with Gasteiger partial charge in [-0.3, -0.25) is 14.3 Å². The second kappa shape index (κ2) is 10.2. The first-order valence-corrected chi connectivity index (χ1v) is 12.1. The number of amides is 1. The van der Waals surface area contributed by atoms with Gasteiger partial charge in [0.25, 0.3) is 0 Å². The molecule has 6 nitrogen and oxygen atoms in total. The summed E-state index contributed by atoms with van der Waals surface area (Å²) in [5, 5.41) is 12.2. The maximum atomic E-state index is 12.9. The molecule has 1 N–H and O–H groups in total. The van der Waals surface area contributed by atoms with Crippen molar-refractivity contribution < 1.29 is 4.79 Å². The maximum absolute atomic E-state index is 12.9. The minimum absolute atomic E-state index is 0.0705. The zero-order valence-electron chi connectivity index (χ0n) is 19.9. The molecular weight excluding hydrogens is 442 g/mol. The number of pyridine rings is 1. The molecule has 0 spiro atoms. The van der Waals surface area contributed by atoms with Gasteiger partial charge in [0.1, 0.15) is 0 Å². The fourth-order valence-corrected chi connectivity index (χ4v) is 4.36. The highest BCUT2D eigenvalue weighted by atomic mass is 32.2. The molecule has 7 heteroatoms. The molecule has 2 heterocycles. The number of thioether (sulfide) groups is 1. The van der Waals surface area contributed by atoms with Gasteiger partial charge in [-0.1, -0.05) is 75.0 Å². The van der Waals surface area contributed by atoms with Crippen LogP contribution >= 0.6 is 11.8 Å². The Labute approximate surface area is 204 Å². The smallest absolute Gasteiger partial charge is 0.237 e. The Hall–Kier alpha value is -3.45. The van der Waals surface area contributed by atoms with Crippen molar-refractivity contribution in [1.82, 2.24) is 19.7 Å². The summed E-state index contributed by atoms with van der Waals surface area (Å²) in [6.07, 6.45) is 3.48. The summed E-state index contributed by atoms with van der Waals surface area (Å²) in [4.78, 5) is 17.1. The van der Waals surface area contributed by atoms with Gasteiger partial charge in [0.05, 0.1) is 11.8 Å². The van der Waals surface area contributed by atoms with Gasteiger partial charge in [0, 0.05) is 23.6 Å². The number of anilines is 1. The molecule has 0 aliphatic carbocycles. The zero-order valence-corrected chi connectivity index (χ0v) is 20.7. The van der Waals surface area contributed by atoms with Crippen LogP contribution in [0.15, 0.2) is 84.3 Å². The molecule has 0 radical (unpaired) electrons. The molecule has 34 heavy (non-hydrogen) atoms. The first kappa shape index (κ1) is 23.7. The highest BCUT2D eigenvalue weighted by Gasteiger charge is 2.21. The summed E-state index contributed by atoms with van der Waals surface area (Å²) in [5.41, 5.74) is 4.15. The predicted molar refractivity (Wildman–Crippen MR) is 138 cm³/mol. The van der Waals surface area contributed by atoms with Crippen molar-refractivity contribution in [3.8, 4) is 11.4 Å². The van der Waals surface area contributed by atoms with Crippen LogP contribution < -0.4 is 5.32 Å². The van der Waals surface area contributed by atoms with Gasteiger partial charge in [-0.15, -0.1) is 10.2 Å². The van der Waals surface area contributed by atoms with E-state index in [-0.39, 0.29) is 16.6 Å². The van der Waals surface area contributed by atoms with Crippen LogP contribution in [0.25, 0.3) is 11.4 Å². The molecule has 4 aromatic rings. The van der Waals surface area contributed by atoms with E-state index in [9.17, 15) is 4.79 Å². The first-order chi connectivity index (χ1) is 16.3. The fourth-order valence-electron chi connectivity index (χ4n) is 3.51. The summed E-state index contributed by atoms with van der Waals surface area (Å²) in [6, 6.07) is 22.0. The SMILES string of the molecule is C[C@@H](Sc1nnc(-c2ccncc2)n1Cc1ccccc1)C(=O)Nc1ccc(C(C)(C)C)cc1. The second-order valence-corrected chi connectivity index (χ2v) is 10.5. The van der Waals surface area contributed by atoms with Gasteiger partial charge in [-0.2, -0.15) is 0 Å². The molecule has 174 valence electrons. The summed E-state index contributed by atoms with van der Waals surface area (Å²) in [7, 11) is 0. The number of nitrogens with zero attached hydrogens (tertiary/aromatic N) is 4. The summed E-state index contributed by atoms with van der Waals surface area (Å²) >= 11 is 1.40. The number of nitrogens with one attached hydrogen (secondary N) is 1. The van der Waals surface area contributed by atoms with Crippen molar-refractivity contribution >= 4 is 23.4 Å². The Morgan fingerprint density at radius 1 is 0.971 bits per heavy atom. The van der Waals surface area contributed by atoms with Crippen molar-refractivity contribution in [3.05, 3.63) is 90.3 Å². The van der Waals surface area contributed by atoms with E-state index in [0.29, 0.717) is 11.7 Å². The average molecular weight is 472 g/mol. The minimum Gasteiger partial charge on any atom is -0.325 e. The monoisotopic (exact) mass is 471 g/mol. The average Bonchev–Trinajstić information content (AvgIpc) is 3.22. The van der Waals surface area contributed by atoms with Crippen LogP contribution in [-0.4, -0.2) is 30.9 Å².